The van der Waals surface area contributed by atoms with Gasteiger partial charge in [-0.05, 0) is 17.7 Å². The Kier molecular flexibility index (Phi) is 4.14. The molecule has 2 aromatic rings. The summed E-state index contributed by atoms with van der Waals surface area (Å²) in [5, 5.41) is 21.7. The zero-order chi connectivity index (χ0) is 14.4. The molecule has 0 aliphatic carbocycles. The average molecular weight is 266 g/mol. The second-order valence-electron chi connectivity index (χ2n) is 4.45. The molecule has 0 spiro atoms. The number of amides is 1. The summed E-state index contributed by atoms with van der Waals surface area (Å²) in [6.45, 7) is 0. The van der Waals surface area contributed by atoms with Gasteiger partial charge in [0, 0.05) is 12.0 Å². The standard InChI is InChI=1S/C16H14N2O2/c17-12-16(20,11-13-7-3-1-4-8-13)18-15(19)14-9-5-2-6-10-14/h1-10,20H,11H2,(H,18,19). The van der Waals surface area contributed by atoms with Crippen molar-refractivity contribution in [3.8, 4) is 6.07 Å². The lowest BCUT2D eigenvalue weighted by Gasteiger charge is -2.21. The Morgan fingerprint density at radius 3 is 2.20 bits per heavy atom. The molecule has 0 aliphatic rings. The highest BCUT2D eigenvalue weighted by Gasteiger charge is 2.29. The Balaban J connectivity index is 2.12. The molecule has 4 heteroatoms. The number of carbonyl (C=O) groups is 1. The number of aliphatic hydroxyl groups is 1. The molecule has 0 radical (unpaired) electrons. The van der Waals surface area contributed by atoms with E-state index in [2.05, 4.69) is 5.32 Å². The molecule has 0 saturated carbocycles. The van der Waals surface area contributed by atoms with Gasteiger partial charge in [0.1, 0.15) is 6.07 Å². The molecule has 2 aromatic carbocycles. The third-order valence-electron chi connectivity index (χ3n) is 2.84. The Bertz CT molecular complexity index is 620. The molecule has 1 amide bonds. The molecule has 0 fully saturated rings. The van der Waals surface area contributed by atoms with Crippen molar-refractivity contribution in [1.29, 1.82) is 5.26 Å². The first-order valence-corrected chi connectivity index (χ1v) is 6.18. The van der Waals surface area contributed by atoms with Crippen LogP contribution in [-0.4, -0.2) is 16.7 Å². The predicted molar refractivity (Wildman–Crippen MR) is 74.6 cm³/mol. The van der Waals surface area contributed by atoms with Crippen molar-refractivity contribution < 1.29 is 9.90 Å². The topological polar surface area (TPSA) is 73.1 Å². The average Bonchev–Trinajstić information content (AvgIpc) is 2.49. The second kappa shape index (κ2) is 6.00. The van der Waals surface area contributed by atoms with E-state index in [-0.39, 0.29) is 6.42 Å². The second-order valence-corrected chi connectivity index (χ2v) is 4.45. The first-order chi connectivity index (χ1) is 9.63. The van der Waals surface area contributed by atoms with Crippen LogP contribution in [0, 0.1) is 11.3 Å². The molecule has 0 saturated heterocycles. The molecule has 2 N–H and O–H groups in total. The maximum atomic E-state index is 12.0. The fourth-order valence-electron chi connectivity index (χ4n) is 1.85. The lowest BCUT2D eigenvalue weighted by molar-refractivity contribution is 0.0497. The molecule has 20 heavy (non-hydrogen) atoms. The number of benzene rings is 2. The summed E-state index contributed by atoms with van der Waals surface area (Å²) in [6.07, 6.45) is 0.0307. The van der Waals surface area contributed by atoms with Crippen molar-refractivity contribution in [2.75, 3.05) is 0 Å². The van der Waals surface area contributed by atoms with Gasteiger partial charge in [0.25, 0.3) is 5.91 Å². The van der Waals surface area contributed by atoms with Gasteiger partial charge in [-0.25, -0.2) is 0 Å². The molecule has 0 aromatic heterocycles. The van der Waals surface area contributed by atoms with Crippen LogP contribution in [0.3, 0.4) is 0 Å². The number of carbonyl (C=O) groups excluding carboxylic acids is 1. The zero-order valence-electron chi connectivity index (χ0n) is 10.8. The van der Waals surface area contributed by atoms with Crippen molar-refractivity contribution in [3.05, 3.63) is 71.8 Å². The molecule has 0 bridgehead atoms. The minimum atomic E-state index is -1.92. The van der Waals surface area contributed by atoms with Crippen LogP contribution in [0.15, 0.2) is 60.7 Å². The van der Waals surface area contributed by atoms with E-state index in [1.165, 1.54) is 0 Å². The molecule has 1 atom stereocenters. The molecule has 0 aliphatic heterocycles. The van der Waals surface area contributed by atoms with Crippen LogP contribution < -0.4 is 5.32 Å². The smallest absolute Gasteiger partial charge is 0.254 e. The number of hydrogen-bond acceptors (Lipinski definition) is 3. The maximum absolute atomic E-state index is 12.0. The Hall–Kier alpha value is -2.64. The highest BCUT2D eigenvalue weighted by Crippen LogP contribution is 2.11. The minimum absolute atomic E-state index is 0.0307. The van der Waals surface area contributed by atoms with Gasteiger partial charge >= 0.3 is 0 Å². The third kappa shape index (κ3) is 3.44. The Morgan fingerprint density at radius 2 is 1.65 bits per heavy atom. The van der Waals surface area contributed by atoms with Gasteiger partial charge in [0.15, 0.2) is 0 Å². The summed E-state index contributed by atoms with van der Waals surface area (Å²) in [4.78, 5) is 12.0. The van der Waals surface area contributed by atoms with E-state index in [0.717, 1.165) is 5.56 Å². The van der Waals surface area contributed by atoms with Crippen molar-refractivity contribution in [3.63, 3.8) is 0 Å². The molecule has 4 nitrogen and oxygen atoms in total. The number of nitriles is 1. The van der Waals surface area contributed by atoms with Crippen molar-refractivity contribution >= 4 is 5.91 Å². The van der Waals surface area contributed by atoms with Crippen LogP contribution in [0.2, 0.25) is 0 Å². The summed E-state index contributed by atoms with van der Waals surface area (Å²) < 4.78 is 0. The fraction of sp³-hybridized carbons (Fsp3) is 0.125. The third-order valence-corrected chi connectivity index (χ3v) is 2.84. The maximum Gasteiger partial charge on any atom is 0.254 e. The van der Waals surface area contributed by atoms with Gasteiger partial charge in [0.2, 0.25) is 5.72 Å². The van der Waals surface area contributed by atoms with Crippen molar-refractivity contribution in [1.82, 2.24) is 5.32 Å². The summed E-state index contributed by atoms with van der Waals surface area (Å²) in [7, 11) is 0. The van der Waals surface area contributed by atoms with Gasteiger partial charge in [-0.2, -0.15) is 5.26 Å². The molecule has 0 heterocycles. The number of rotatable bonds is 4. The van der Waals surface area contributed by atoms with E-state index >= 15 is 0 Å². The largest absolute Gasteiger partial charge is 0.359 e. The SMILES string of the molecule is N#CC(O)(Cc1ccccc1)NC(=O)c1ccccc1. The summed E-state index contributed by atoms with van der Waals surface area (Å²) in [5.41, 5.74) is -0.756. The molecule has 1 unspecified atom stereocenters. The van der Waals surface area contributed by atoms with Crippen molar-refractivity contribution in [2.24, 2.45) is 0 Å². The van der Waals surface area contributed by atoms with E-state index in [4.69, 9.17) is 5.26 Å². The minimum Gasteiger partial charge on any atom is -0.359 e. The zero-order valence-corrected chi connectivity index (χ0v) is 10.8. The van der Waals surface area contributed by atoms with E-state index in [1.54, 1.807) is 48.5 Å². The van der Waals surface area contributed by atoms with E-state index in [0.29, 0.717) is 5.56 Å². The van der Waals surface area contributed by atoms with E-state index in [9.17, 15) is 9.90 Å². The van der Waals surface area contributed by atoms with Gasteiger partial charge in [0.05, 0.1) is 0 Å². The summed E-state index contributed by atoms with van der Waals surface area (Å²) in [5.74, 6) is -0.481. The molecule has 2 rings (SSSR count). The van der Waals surface area contributed by atoms with Crippen LogP contribution in [0.4, 0.5) is 0 Å². The quantitative estimate of drug-likeness (QED) is 0.655. The number of nitrogens with one attached hydrogen (secondary N) is 1. The van der Waals surface area contributed by atoms with Gasteiger partial charge < -0.3 is 10.4 Å². The molecular formula is C16H14N2O2. The van der Waals surface area contributed by atoms with E-state index in [1.807, 2.05) is 18.2 Å². The molecular weight excluding hydrogens is 252 g/mol. The van der Waals surface area contributed by atoms with Gasteiger partial charge in [-0.1, -0.05) is 48.5 Å². The van der Waals surface area contributed by atoms with Crippen LogP contribution in [-0.2, 0) is 6.42 Å². The number of nitrogens with zero attached hydrogens (tertiary/aromatic N) is 1. The number of hydrogen-bond donors (Lipinski definition) is 2. The monoisotopic (exact) mass is 266 g/mol. The highest BCUT2D eigenvalue weighted by molar-refractivity contribution is 5.94. The highest BCUT2D eigenvalue weighted by atomic mass is 16.3. The lowest BCUT2D eigenvalue weighted by atomic mass is 10.0. The van der Waals surface area contributed by atoms with Crippen LogP contribution >= 0.6 is 0 Å². The van der Waals surface area contributed by atoms with Crippen LogP contribution in [0.5, 0.6) is 0 Å². The summed E-state index contributed by atoms with van der Waals surface area (Å²) in [6, 6.07) is 19.3. The van der Waals surface area contributed by atoms with Gasteiger partial charge in [-0.3, -0.25) is 4.79 Å². The van der Waals surface area contributed by atoms with Crippen LogP contribution in [0.1, 0.15) is 15.9 Å². The Morgan fingerprint density at radius 1 is 1.10 bits per heavy atom. The fourth-order valence-corrected chi connectivity index (χ4v) is 1.85. The lowest BCUT2D eigenvalue weighted by Crippen LogP contribution is -2.49. The summed E-state index contributed by atoms with van der Waals surface area (Å²) >= 11 is 0. The van der Waals surface area contributed by atoms with Crippen LogP contribution in [0.25, 0.3) is 0 Å². The first-order valence-electron chi connectivity index (χ1n) is 6.18. The van der Waals surface area contributed by atoms with Crippen molar-refractivity contribution in [2.45, 2.75) is 12.1 Å². The normalized spacial score (nSPS) is 13.0. The molecule has 100 valence electrons. The first kappa shape index (κ1) is 13.8. The predicted octanol–water partition coefficient (Wildman–Crippen LogP) is 1.87. The van der Waals surface area contributed by atoms with Gasteiger partial charge in [-0.15, -0.1) is 0 Å². The van der Waals surface area contributed by atoms with E-state index < -0.39 is 11.6 Å². The Labute approximate surface area is 117 Å².